The number of ether oxygens (including phenoxy) is 3. The van der Waals surface area contributed by atoms with Gasteiger partial charge in [-0.15, -0.1) is 11.3 Å². The van der Waals surface area contributed by atoms with Gasteiger partial charge in [-0.05, 0) is 51.3 Å². The van der Waals surface area contributed by atoms with E-state index in [0.29, 0.717) is 30.2 Å². The number of benzene rings is 1. The predicted octanol–water partition coefficient (Wildman–Crippen LogP) is 4.42. The van der Waals surface area contributed by atoms with E-state index in [2.05, 4.69) is 5.32 Å². The van der Waals surface area contributed by atoms with Crippen molar-refractivity contribution in [3.05, 3.63) is 34.7 Å². The molecule has 1 fully saturated rings. The molecule has 0 spiro atoms. The number of hydrogen-bond acceptors (Lipinski definition) is 6. The van der Waals surface area contributed by atoms with E-state index in [4.69, 9.17) is 14.2 Å². The number of amides is 1. The van der Waals surface area contributed by atoms with Gasteiger partial charge in [-0.2, -0.15) is 0 Å². The highest BCUT2D eigenvalue weighted by molar-refractivity contribution is 7.17. The quantitative estimate of drug-likeness (QED) is 0.693. The minimum Gasteiger partial charge on any atom is -0.494 e. The minimum absolute atomic E-state index is 0.220. The fourth-order valence-electron chi connectivity index (χ4n) is 3.24. The standard InChI is InChI=1S/C21H25NO5S/c1-4-25-15-10-8-14(9-11-15)17-13(3)28-20(18(17)21(24)26-5-2)22-19(23)16-7-6-12-27-16/h8-11,16H,4-7,12H2,1-3H3,(H,22,23). The maximum atomic E-state index is 12.7. The second kappa shape index (κ2) is 9.21. The van der Waals surface area contributed by atoms with Gasteiger partial charge in [0.05, 0.1) is 13.2 Å². The molecule has 1 aliphatic heterocycles. The van der Waals surface area contributed by atoms with Gasteiger partial charge >= 0.3 is 5.97 Å². The lowest BCUT2D eigenvalue weighted by atomic mass is 10.0. The van der Waals surface area contributed by atoms with E-state index < -0.39 is 12.1 Å². The summed E-state index contributed by atoms with van der Waals surface area (Å²) in [4.78, 5) is 26.2. The molecule has 1 unspecified atom stereocenters. The zero-order valence-corrected chi connectivity index (χ0v) is 17.2. The molecule has 7 heteroatoms. The summed E-state index contributed by atoms with van der Waals surface area (Å²) in [7, 11) is 0. The highest BCUT2D eigenvalue weighted by Crippen LogP contribution is 2.41. The topological polar surface area (TPSA) is 73.9 Å². The first kappa shape index (κ1) is 20.4. The second-order valence-electron chi connectivity index (χ2n) is 6.41. The Morgan fingerprint density at radius 1 is 1.21 bits per heavy atom. The molecule has 1 atom stereocenters. The Labute approximate surface area is 168 Å². The molecule has 28 heavy (non-hydrogen) atoms. The zero-order valence-electron chi connectivity index (χ0n) is 16.4. The van der Waals surface area contributed by atoms with Crippen LogP contribution in [0.3, 0.4) is 0 Å². The molecule has 1 aromatic carbocycles. The van der Waals surface area contributed by atoms with Crippen LogP contribution in [-0.4, -0.2) is 37.8 Å². The van der Waals surface area contributed by atoms with E-state index in [-0.39, 0.29) is 12.5 Å². The SMILES string of the molecule is CCOC(=O)c1c(NC(=O)C2CCCO2)sc(C)c1-c1ccc(OCC)cc1. The second-order valence-corrected chi connectivity index (χ2v) is 7.63. The maximum absolute atomic E-state index is 12.7. The van der Waals surface area contributed by atoms with Crippen LogP contribution < -0.4 is 10.1 Å². The number of thiophene rings is 1. The number of nitrogens with one attached hydrogen (secondary N) is 1. The van der Waals surface area contributed by atoms with E-state index in [0.717, 1.165) is 28.2 Å². The number of aryl methyl sites for hydroxylation is 1. The molecule has 1 N–H and O–H groups in total. The van der Waals surface area contributed by atoms with Crippen LogP contribution in [0.4, 0.5) is 5.00 Å². The van der Waals surface area contributed by atoms with Crippen LogP contribution in [0.5, 0.6) is 5.75 Å². The lowest BCUT2D eigenvalue weighted by Crippen LogP contribution is -2.27. The maximum Gasteiger partial charge on any atom is 0.341 e. The smallest absolute Gasteiger partial charge is 0.341 e. The number of rotatable bonds is 7. The molecule has 0 saturated carbocycles. The largest absolute Gasteiger partial charge is 0.494 e. The molecular weight excluding hydrogens is 378 g/mol. The van der Waals surface area contributed by atoms with Crippen LogP contribution in [0.1, 0.15) is 41.9 Å². The Hall–Kier alpha value is -2.38. The summed E-state index contributed by atoms with van der Waals surface area (Å²) in [5.41, 5.74) is 2.03. The normalized spacial score (nSPS) is 16.0. The van der Waals surface area contributed by atoms with Crippen molar-refractivity contribution < 1.29 is 23.8 Å². The average Bonchev–Trinajstić information content (AvgIpc) is 3.31. The molecule has 1 amide bonds. The van der Waals surface area contributed by atoms with E-state index in [1.54, 1.807) is 6.92 Å². The number of esters is 1. The highest BCUT2D eigenvalue weighted by atomic mass is 32.1. The molecule has 2 heterocycles. The van der Waals surface area contributed by atoms with Gasteiger partial charge < -0.3 is 19.5 Å². The number of hydrogen-bond donors (Lipinski definition) is 1. The molecule has 3 rings (SSSR count). The third kappa shape index (κ3) is 4.36. The lowest BCUT2D eigenvalue weighted by Gasteiger charge is -2.12. The Morgan fingerprint density at radius 2 is 1.96 bits per heavy atom. The van der Waals surface area contributed by atoms with Gasteiger partial charge in [-0.1, -0.05) is 12.1 Å². The van der Waals surface area contributed by atoms with Crippen LogP contribution in [0.25, 0.3) is 11.1 Å². The fraction of sp³-hybridized carbons (Fsp3) is 0.429. The van der Waals surface area contributed by atoms with Crippen molar-refractivity contribution >= 4 is 28.2 Å². The predicted molar refractivity (Wildman–Crippen MR) is 109 cm³/mol. The average molecular weight is 404 g/mol. The van der Waals surface area contributed by atoms with Gasteiger partial charge in [-0.3, -0.25) is 4.79 Å². The molecule has 150 valence electrons. The van der Waals surface area contributed by atoms with Crippen LogP contribution >= 0.6 is 11.3 Å². The van der Waals surface area contributed by atoms with Crippen molar-refractivity contribution in [2.45, 2.75) is 39.7 Å². The number of carbonyl (C=O) groups is 2. The van der Waals surface area contributed by atoms with Crippen molar-refractivity contribution in [2.24, 2.45) is 0 Å². The number of anilines is 1. The van der Waals surface area contributed by atoms with Crippen molar-refractivity contribution in [3.8, 4) is 16.9 Å². The summed E-state index contributed by atoms with van der Waals surface area (Å²) in [5.74, 6) is 0.102. The van der Waals surface area contributed by atoms with Crippen molar-refractivity contribution in [1.29, 1.82) is 0 Å². The molecular formula is C21H25NO5S. The lowest BCUT2D eigenvalue weighted by molar-refractivity contribution is -0.124. The molecule has 1 saturated heterocycles. The summed E-state index contributed by atoms with van der Waals surface area (Å²) in [6.45, 7) is 7.06. The van der Waals surface area contributed by atoms with Gasteiger partial charge in [0, 0.05) is 17.0 Å². The third-order valence-corrected chi connectivity index (χ3v) is 5.50. The van der Waals surface area contributed by atoms with Gasteiger partial charge in [-0.25, -0.2) is 4.79 Å². The first-order valence-corrected chi connectivity index (χ1v) is 10.3. The van der Waals surface area contributed by atoms with E-state index in [1.165, 1.54) is 11.3 Å². The van der Waals surface area contributed by atoms with Crippen molar-refractivity contribution in [3.63, 3.8) is 0 Å². The van der Waals surface area contributed by atoms with Crippen LogP contribution in [-0.2, 0) is 14.3 Å². The Balaban J connectivity index is 1.97. The van der Waals surface area contributed by atoms with E-state index >= 15 is 0 Å². The van der Waals surface area contributed by atoms with Gasteiger partial charge in [0.25, 0.3) is 5.91 Å². The first-order chi connectivity index (χ1) is 13.5. The summed E-state index contributed by atoms with van der Waals surface area (Å²) in [5, 5.41) is 3.38. The fourth-order valence-corrected chi connectivity index (χ4v) is 4.31. The summed E-state index contributed by atoms with van der Waals surface area (Å²) >= 11 is 1.37. The van der Waals surface area contributed by atoms with Gasteiger partial charge in [0.1, 0.15) is 22.4 Å². The Morgan fingerprint density at radius 3 is 2.57 bits per heavy atom. The van der Waals surface area contributed by atoms with Crippen LogP contribution in [0.15, 0.2) is 24.3 Å². The molecule has 0 aliphatic carbocycles. The van der Waals surface area contributed by atoms with Gasteiger partial charge in [0.15, 0.2) is 0 Å². The van der Waals surface area contributed by atoms with Crippen LogP contribution in [0.2, 0.25) is 0 Å². The van der Waals surface area contributed by atoms with Crippen molar-refractivity contribution in [2.75, 3.05) is 25.1 Å². The minimum atomic E-state index is -0.466. The number of carbonyl (C=O) groups excluding carboxylic acids is 2. The zero-order chi connectivity index (χ0) is 20.1. The summed E-state index contributed by atoms with van der Waals surface area (Å²) in [6, 6.07) is 7.56. The highest BCUT2D eigenvalue weighted by Gasteiger charge is 2.29. The molecule has 0 radical (unpaired) electrons. The van der Waals surface area contributed by atoms with E-state index in [1.807, 2.05) is 38.1 Å². The molecule has 1 aromatic heterocycles. The molecule has 2 aromatic rings. The Bertz CT molecular complexity index is 837. The van der Waals surface area contributed by atoms with Crippen molar-refractivity contribution in [1.82, 2.24) is 0 Å². The molecule has 6 nitrogen and oxygen atoms in total. The van der Waals surface area contributed by atoms with Gasteiger partial charge in [0.2, 0.25) is 0 Å². The first-order valence-electron chi connectivity index (χ1n) is 9.51. The molecule has 0 bridgehead atoms. The monoisotopic (exact) mass is 403 g/mol. The van der Waals surface area contributed by atoms with E-state index in [9.17, 15) is 9.59 Å². The molecule has 1 aliphatic rings. The summed E-state index contributed by atoms with van der Waals surface area (Å²) in [6.07, 6.45) is 1.09. The Kier molecular flexibility index (Phi) is 6.70. The van der Waals surface area contributed by atoms with Crippen LogP contribution in [0, 0.1) is 6.92 Å². The summed E-state index contributed by atoms with van der Waals surface area (Å²) < 4.78 is 16.2. The third-order valence-electron chi connectivity index (χ3n) is 4.48.